The maximum absolute atomic E-state index is 11.8. The molecule has 0 aromatic heterocycles. The first-order valence-corrected chi connectivity index (χ1v) is 6.73. The molecule has 0 bridgehead atoms. The number of esters is 1. The average Bonchev–Trinajstić information content (AvgIpc) is 2.27. The minimum Gasteiger partial charge on any atom is -0.463 e. The third kappa shape index (κ3) is 5.35. The lowest BCUT2D eigenvalue weighted by Crippen LogP contribution is -2.16. The van der Waals surface area contributed by atoms with Gasteiger partial charge in [-0.25, -0.2) is 0 Å². The molecule has 18 heavy (non-hydrogen) atoms. The second-order valence-corrected chi connectivity index (χ2v) is 5.48. The number of rotatable bonds is 6. The Morgan fingerprint density at radius 1 is 1.11 bits per heavy atom. The van der Waals surface area contributed by atoms with Crippen LogP contribution in [0.15, 0.2) is 30.3 Å². The second-order valence-electron chi connectivity index (χ2n) is 5.48. The molecule has 1 aromatic rings. The van der Waals surface area contributed by atoms with Gasteiger partial charge in [0.25, 0.3) is 0 Å². The third-order valence-electron chi connectivity index (χ3n) is 2.81. The minimum absolute atomic E-state index is 0.0343. The zero-order valence-electron chi connectivity index (χ0n) is 11.8. The van der Waals surface area contributed by atoms with Crippen LogP contribution < -0.4 is 0 Å². The molecule has 0 radical (unpaired) electrons. The first-order valence-electron chi connectivity index (χ1n) is 6.73. The predicted molar refractivity (Wildman–Crippen MR) is 74.5 cm³/mol. The molecule has 0 aliphatic carbocycles. The summed E-state index contributed by atoms with van der Waals surface area (Å²) >= 11 is 0. The van der Waals surface area contributed by atoms with Gasteiger partial charge in [0.05, 0.1) is 12.5 Å². The van der Waals surface area contributed by atoms with Crippen LogP contribution >= 0.6 is 0 Å². The SMILES string of the molecule is CC(C)C[C@@H](CC(=O)OC(C)C)c1ccccc1. The van der Waals surface area contributed by atoms with Crippen molar-refractivity contribution in [2.45, 2.75) is 52.6 Å². The fourth-order valence-electron chi connectivity index (χ4n) is 2.14. The van der Waals surface area contributed by atoms with E-state index < -0.39 is 0 Å². The molecule has 1 aromatic carbocycles. The number of hydrogen-bond donors (Lipinski definition) is 0. The molecule has 0 unspecified atom stereocenters. The molecule has 0 aliphatic rings. The van der Waals surface area contributed by atoms with E-state index in [9.17, 15) is 4.79 Å². The van der Waals surface area contributed by atoms with E-state index in [-0.39, 0.29) is 18.0 Å². The summed E-state index contributed by atoms with van der Waals surface area (Å²) in [6, 6.07) is 10.2. The molecule has 1 atom stereocenters. The van der Waals surface area contributed by atoms with Crippen molar-refractivity contribution >= 4 is 5.97 Å². The van der Waals surface area contributed by atoms with Crippen LogP contribution in [0, 0.1) is 5.92 Å². The van der Waals surface area contributed by atoms with Crippen LogP contribution in [0.5, 0.6) is 0 Å². The lowest BCUT2D eigenvalue weighted by Gasteiger charge is -2.19. The van der Waals surface area contributed by atoms with E-state index in [0.29, 0.717) is 12.3 Å². The van der Waals surface area contributed by atoms with E-state index in [1.54, 1.807) is 0 Å². The predicted octanol–water partition coefficient (Wildman–Crippen LogP) is 4.16. The fraction of sp³-hybridized carbons (Fsp3) is 0.562. The molecule has 2 heteroatoms. The van der Waals surface area contributed by atoms with Crippen LogP contribution in [0.1, 0.15) is 52.0 Å². The number of carbonyl (C=O) groups excluding carboxylic acids is 1. The summed E-state index contributed by atoms with van der Waals surface area (Å²) in [5, 5.41) is 0. The highest BCUT2D eigenvalue weighted by atomic mass is 16.5. The van der Waals surface area contributed by atoms with Gasteiger partial charge in [0.15, 0.2) is 0 Å². The van der Waals surface area contributed by atoms with Crippen molar-refractivity contribution in [1.29, 1.82) is 0 Å². The van der Waals surface area contributed by atoms with Gasteiger partial charge in [-0.3, -0.25) is 4.79 Å². The van der Waals surface area contributed by atoms with Gasteiger partial charge in [0.1, 0.15) is 0 Å². The lowest BCUT2D eigenvalue weighted by atomic mass is 9.88. The Hall–Kier alpha value is -1.31. The summed E-state index contributed by atoms with van der Waals surface area (Å²) in [7, 11) is 0. The Morgan fingerprint density at radius 2 is 1.72 bits per heavy atom. The quantitative estimate of drug-likeness (QED) is 0.707. The molecular formula is C16H24O2. The van der Waals surface area contributed by atoms with Crippen LogP contribution in [-0.2, 0) is 9.53 Å². The Bertz CT molecular complexity index is 355. The van der Waals surface area contributed by atoms with Crippen molar-refractivity contribution in [2.75, 3.05) is 0 Å². The maximum atomic E-state index is 11.8. The smallest absolute Gasteiger partial charge is 0.306 e. The molecule has 0 fully saturated rings. The molecule has 0 saturated heterocycles. The lowest BCUT2D eigenvalue weighted by molar-refractivity contribution is -0.147. The first-order chi connectivity index (χ1) is 8.49. The zero-order chi connectivity index (χ0) is 13.5. The van der Waals surface area contributed by atoms with Crippen molar-refractivity contribution in [3.8, 4) is 0 Å². The molecule has 100 valence electrons. The molecule has 2 nitrogen and oxygen atoms in total. The third-order valence-corrected chi connectivity index (χ3v) is 2.81. The Labute approximate surface area is 110 Å². The number of ether oxygens (including phenoxy) is 1. The van der Waals surface area contributed by atoms with Crippen LogP contribution in [0.3, 0.4) is 0 Å². The Morgan fingerprint density at radius 3 is 2.22 bits per heavy atom. The van der Waals surface area contributed by atoms with E-state index in [1.165, 1.54) is 5.56 Å². The van der Waals surface area contributed by atoms with E-state index in [1.807, 2.05) is 32.0 Å². The Balaban J connectivity index is 2.70. The highest BCUT2D eigenvalue weighted by Crippen LogP contribution is 2.27. The fourth-order valence-corrected chi connectivity index (χ4v) is 2.14. The van der Waals surface area contributed by atoms with Crippen LogP contribution in [0.25, 0.3) is 0 Å². The van der Waals surface area contributed by atoms with Crippen LogP contribution in [0.4, 0.5) is 0 Å². The van der Waals surface area contributed by atoms with Gasteiger partial charge in [-0.15, -0.1) is 0 Å². The number of carbonyl (C=O) groups is 1. The molecule has 0 heterocycles. The van der Waals surface area contributed by atoms with Gasteiger partial charge in [-0.1, -0.05) is 44.2 Å². The van der Waals surface area contributed by atoms with Gasteiger partial charge < -0.3 is 4.74 Å². The molecule has 0 spiro atoms. The maximum Gasteiger partial charge on any atom is 0.306 e. The van der Waals surface area contributed by atoms with E-state index >= 15 is 0 Å². The van der Waals surface area contributed by atoms with Gasteiger partial charge in [0, 0.05) is 0 Å². The second kappa shape index (κ2) is 7.20. The van der Waals surface area contributed by atoms with Crippen molar-refractivity contribution in [3.63, 3.8) is 0 Å². The van der Waals surface area contributed by atoms with E-state index in [2.05, 4.69) is 26.0 Å². The van der Waals surface area contributed by atoms with Gasteiger partial charge >= 0.3 is 5.97 Å². The molecule has 0 N–H and O–H groups in total. The van der Waals surface area contributed by atoms with Gasteiger partial charge in [0.2, 0.25) is 0 Å². The standard InChI is InChI=1S/C16H24O2/c1-12(2)10-15(11-16(17)18-13(3)4)14-8-6-5-7-9-14/h5-9,12-13,15H,10-11H2,1-4H3/t15-/m0/s1. The summed E-state index contributed by atoms with van der Waals surface area (Å²) in [4.78, 5) is 11.8. The van der Waals surface area contributed by atoms with Crippen LogP contribution in [-0.4, -0.2) is 12.1 Å². The first kappa shape index (κ1) is 14.7. The summed E-state index contributed by atoms with van der Waals surface area (Å²) in [6.45, 7) is 8.14. The van der Waals surface area contributed by atoms with Crippen LogP contribution in [0.2, 0.25) is 0 Å². The van der Waals surface area contributed by atoms with E-state index in [0.717, 1.165) is 6.42 Å². The summed E-state index contributed by atoms with van der Waals surface area (Å²) < 4.78 is 5.24. The van der Waals surface area contributed by atoms with Crippen molar-refractivity contribution in [3.05, 3.63) is 35.9 Å². The van der Waals surface area contributed by atoms with Gasteiger partial charge in [-0.2, -0.15) is 0 Å². The minimum atomic E-state index is -0.0977. The number of hydrogen-bond acceptors (Lipinski definition) is 2. The summed E-state index contributed by atoms with van der Waals surface area (Å²) in [6.07, 6.45) is 1.45. The average molecular weight is 248 g/mol. The van der Waals surface area contributed by atoms with Crippen molar-refractivity contribution < 1.29 is 9.53 Å². The molecule has 0 amide bonds. The zero-order valence-corrected chi connectivity index (χ0v) is 11.8. The number of benzene rings is 1. The molecule has 0 saturated carbocycles. The Kier molecular flexibility index (Phi) is 5.90. The monoisotopic (exact) mass is 248 g/mol. The van der Waals surface area contributed by atoms with E-state index in [4.69, 9.17) is 4.74 Å². The topological polar surface area (TPSA) is 26.3 Å². The summed E-state index contributed by atoms with van der Waals surface area (Å²) in [5.41, 5.74) is 1.23. The molecule has 0 aliphatic heterocycles. The van der Waals surface area contributed by atoms with Gasteiger partial charge in [-0.05, 0) is 37.7 Å². The largest absolute Gasteiger partial charge is 0.463 e. The normalized spacial score (nSPS) is 12.8. The summed E-state index contributed by atoms with van der Waals surface area (Å²) in [5.74, 6) is 0.735. The van der Waals surface area contributed by atoms with Crippen molar-refractivity contribution in [1.82, 2.24) is 0 Å². The molecular weight excluding hydrogens is 224 g/mol. The van der Waals surface area contributed by atoms with Crippen molar-refractivity contribution in [2.24, 2.45) is 5.92 Å². The highest BCUT2D eigenvalue weighted by molar-refractivity contribution is 5.70. The molecule has 1 rings (SSSR count). The highest BCUT2D eigenvalue weighted by Gasteiger charge is 2.18.